The first-order chi connectivity index (χ1) is 13.2. The zero-order valence-electron chi connectivity index (χ0n) is 15.1. The number of aromatic nitrogens is 1. The minimum absolute atomic E-state index is 0.0388. The number of ether oxygens (including phenoxy) is 2. The quantitative estimate of drug-likeness (QED) is 0.645. The number of hydrogen-bond donors (Lipinski definition) is 0. The van der Waals surface area contributed by atoms with Gasteiger partial charge >= 0.3 is 0 Å². The highest BCUT2D eigenvalue weighted by atomic mass is 16.7. The molecule has 0 atom stereocenters. The summed E-state index contributed by atoms with van der Waals surface area (Å²) in [5, 5.41) is 1.06. The van der Waals surface area contributed by atoms with Gasteiger partial charge in [-0.25, -0.2) is 0 Å². The van der Waals surface area contributed by atoms with E-state index in [2.05, 4.69) is 4.98 Å². The largest absolute Gasteiger partial charge is 0.454 e. The molecule has 0 N–H and O–H groups in total. The Bertz CT molecular complexity index is 1010. The molecule has 1 aliphatic heterocycles. The van der Waals surface area contributed by atoms with Crippen LogP contribution in [0.25, 0.3) is 17.0 Å². The van der Waals surface area contributed by atoms with Crippen molar-refractivity contribution >= 4 is 22.9 Å². The van der Waals surface area contributed by atoms with Gasteiger partial charge in [0.2, 0.25) is 12.7 Å². The maximum absolute atomic E-state index is 12.7. The molecule has 0 saturated heterocycles. The molecule has 4 rings (SSSR count). The molecular formula is C22H20N2O3. The summed E-state index contributed by atoms with van der Waals surface area (Å²) >= 11 is 0. The lowest BCUT2D eigenvalue weighted by Gasteiger charge is -2.19. The van der Waals surface area contributed by atoms with Gasteiger partial charge in [0.05, 0.1) is 5.52 Å². The Balaban J connectivity index is 1.51. The summed E-state index contributed by atoms with van der Waals surface area (Å²) in [4.78, 5) is 18.9. The van der Waals surface area contributed by atoms with Crippen molar-refractivity contribution in [1.82, 2.24) is 9.88 Å². The Hall–Kier alpha value is -3.34. The number of para-hydroxylation sites is 1. The van der Waals surface area contributed by atoms with Crippen LogP contribution in [0, 0.1) is 0 Å². The first-order valence-electron chi connectivity index (χ1n) is 8.94. The van der Waals surface area contributed by atoms with Gasteiger partial charge in [0, 0.05) is 36.3 Å². The second kappa shape index (κ2) is 7.50. The van der Waals surface area contributed by atoms with Crippen LogP contribution in [0.2, 0.25) is 0 Å². The number of nitrogens with zero attached hydrogens (tertiary/aromatic N) is 2. The standard InChI is InChI=1S/C22H20N2O3/c1-2-24(14-16-8-10-19-20(13-16)27-15-26-19)21(25)11-9-18-6-3-5-17-7-4-12-23-22(17)18/h3-13H,2,14-15H2,1H3/b11-9+. The van der Waals surface area contributed by atoms with Crippen molar-refractivity contribution in [3.05, 3.63) is 71.9 Å². The molecule has 2 aromatic carbocycles. The summed E-state index contributed by atoms with van der Waals surface area (Å²) in [6, 6.07) is 15.6. The maximum atomic E-state index is 12.7. The average molecular weight is 360 g/mol. The van der Waals surface area contributed by atoms with Gasteiger partial charge in [-0.15, -0.1) is 0 Å². The summed E-state index contributed by atoms with van der Waals surface area (Å²) in [7, 11) is 0. The van der Waals surface area contributed by atoms with Crippen LogP contribution in [0.1, 0.15) is 18.1 Å². The van der Waals surface area contributed by atoms with E-state index >= 15 is 0 Å². The number of carbonyl (C=O) groups is 1. The zero-order chi connectivity index (χ0) is 18.6. The summed E-state index contributed by atoms with van der Waals surface area (Å²) in [5.74, 6) is 1.44. The van der Waals surface area contributed by atoms with Gasteiger partial charge in [-0.2, -0.15) is 0 Å². The molecule has 0 aliphatic carbocycles. The minimum Gasteiger partial charge on any atom is -0.454 e. The van der Waals surface area contributed by atoms with Crippen molar-refractivity contribution in [3.63, 3.8) is 0 Å². The van der Waals surface area contributed by atoms with Crippen LogP contribution in [0.5, 0.6) is 11.5 Å². The van der Waals surface area contributed by atoms with E-state index in [9.17, 15) is 4.79 Å². The Morgan fingerprint density at radius 1 is 1.15 bits per heavy atom. The SMILES string of the molecule is CCN(Cc1ccc2c(c1)OCO2)C(=O)/C=C/c1cccc2cccnc12. The lowest BCUT2D eigenvalue weighted by atomic mass is 10.1. The summed E-state index contributed by atoms with van der Waals surface area (Å²) in [5.41, 5.74) is 2.83. The zero-order valence-corrected chi connectivity index (χ0v) is 15.1. The van der Waals surface area contributed by atoms with Crippen LogP contribution in [-0.2, 0) is 11.3 Å². The maximum Gasteiger partial charge on any atom is 0.246 e. The molecule has 0 radical (unpaired) electrons. The molecule has 1 amide bonds. The highest BCUT2D eigenvalue weighted by molar-refractivity contribution is 5.95. The van der Waals surface area contributed by atoms with Crippen LogP contribution >= 0.6 is 0 Å². The fraction of sp³-hybridized carbons (Fsp3) is 0.182. The third kappa shape index (κ3) is 3.62. The van der Waals surface area contributed by atoms with Crippen molar-refractivity contribution in [2.75, 3.05) is 13.3 Å². The van der Waals surface area contributed by atoms with Crippen LogP contribution in [-0.4, -0.2) is 29.1 Å². The van der Waals surface area contributed by atoms with Gasteiger partial charge in [-0.05, 0) is 36.8 Å². The Labute approximate surface area is 157 Å². The Kier molecular flexibility index (Phi) is 4.75. The number of benzene rings is 2. The van der Waals surface area contributed by atoms with Crippen molar-refractivity contribution in [1.29, 1.82) is 0 Å². The molecule has 0 fully saturated rings. The molecule has 0 unspecified atom stereocenters. The molecule has 1 aliphatic rings. The molecule has 0 saturated carbocycles. The highest BCUT2D eigenvalue weighted by Gasteiger charge is 2.15. The summed E-state index contributed by atoms with van der Waals surface area (Å²) in [6.07, 6.45) is 5.21. The van der Waals surface area contributed by atoms with E-state index in [1.165, 1.54) is 0 Å². The molecule has 3 aromatic rings. The molecular weight excluding hydrogens is 340 g/mol. The predicted octanol–water partition coefficient (Wildman–Crippen LogP) is 4.03. The van der Waals surface area contributed by atoms with Gasteiger partial charge < -0.3 is 14.4 Å². The minimum atomic E-state index is -0.0388. The summed E-state index contributed by atoms with van der Waals surface area (Å²) < 4.78 is 10.7. The van der Waals surface area contributed by atoms with Gasteiger partial charge in [0.25, 0.3) is 0 Å². The second-order valence-corrected chi connectivity index (χ2v) is 6.30. The van der Waals surface area contributed by atoms with Gasteiger partial charge in [-0.3, -0.25) is 9.78 Å². The third-order valence-electron chi connectivity index (χ3n) is 4.57. The van der Waals surface area contributed by atoms with E-state index in [-0.39, 0.29) is 12.7 Å². The van der Waals surface area contributed by atoms with Crippen molar-refractivity contribution in [2.24, 2.45) is 0 Å². The van der Waals surface area contributed by atoms with E-state index in [0.29, 0.717) is 13.1 Å². The number of carbonyl (C=O) groups excluding carboxylic acids is 1. The van der Waals surface area contributed by atoms with Crippen LogP contribution in [0.4, 0.5) is 0 Å². The van der Waals surface area contributed by atoms with Crippen LogP contribution in [0.15, 0.2) is 60.8 Å². The number of pyridine rings is 1. The molecule has 27 heavy (non-hydrogen) atoms. The normalized spacial score (nSPS) is 12.6. The number of hydrogen-bond acceptors (Lipinski definition) is 4. The Morgan fingerprint density at radius 3 is 2.89 bits per heavy atom. The molecule has 5 nitrogen and oxygen atoms in total. The summed E-state index contributed by atoms with van der Waals surface area (Å²) in [6.45, 7) is 3.35. The van der Waals surface area contributed by atoms with Gasteiger partial charge in [0.1, 0.15) is 0 Å². The highest BCUT2D eigenvalue weighted by Crippen LogP contribution is 2.32. The Morgan fingerprint density at radius 2 is 2.00 bits per heavy atom. The topological polar surface area (TPSA) is 51.7 Å². The van der Waals surface area contributed by atoms with E-state index < -0.39 is 0 Å². The number of amides is 1. The monoisotopic (exact) mass is 360 g/mol. The van der Waals surface area contributed by atoms with Gasteiger partial charge in [0.15, 0.2) is 11.5 Å². The van der Waals surface area contributed by atoms with Crippen LogP contribution < -0.4 is 9.47 Å². The molecule has 5 heteroatoms. The van der Waals surface area contributed by atoms with E-state index in [0.717, 1.165) is 33.5 Å². The lowest BCUT2D eigenvalue weighted by Crippen LogP contribution is -2.28. The van der Waals surface area contributed by atoms with E-state index in [1.807, 2.05) is 61.5 Å². The predicted molar refractivity (Wildman–Crippen MR) is 104 cm³/mol. The van der Waals surface area contributed by atoms with Crippen molar-refractivity contribution < 1.29 is 14.3 Å². The van der Waals surface area contributed by atoms with Gasteiger partial charge in [-0.1, -0.05) is 30.3 Å². The number of rotatable bonds is 5. The fourth-order valence-corrected chi connectivity index (χ4v) is 3.13. The van der Waals surface area contributed by atoms with E-state index in [4.69, 9.17) is 9.47 Å². The number of likely N-dealkylation sites (N-methyl/N-ethyl adjacent to an activating group) is 1. The second-order valence-electron chi connectivity index (χ2n) is 6.30. The number of fused-ring (bicyclic) bond motifs is 2. The first-order valence-corrected chi connectivity index (χ1v) is 8.94. The fourth-order valence-electron chi connectivity index (χ4n) is 3.13. The molecule has 0 spiro atoms. The van der Waals surface area contributed by atoms with Crippen molar-refractivity contribution in [3.8, 4) is 11.5 Å². The van der Waals surface area contributed by atoms with Crippen molar-refractivity contribution in [2.45, 2.75) is 13.5 Å². The molecule has 136 valence electrons. The molecule has 2 heterocycles. The lowest BCUT2D eigenvalue weighted by molar-refractivity contribution is -0.126. The smallest absolute Gasteiger partial charge is 0.246 e. The molecule has 0 bridgehead atoms. The first kappa shape index (κ1) is 17.1. The third-order valence-corrected chi connectivity index (χ3v) is 4.57. The molecule has 1 aromatic heterocycles. The van der Waals surface area contributed by atoms with Crippen LogP contribution in [0.3, 0.4) is 0 Å². The van der Waals surface area contributed by atoms with E-state index in [1.54, 1.807) is 17.2 Å². The average Bonchev–Trinajstić information content (AvgIpc) is 3.18.